The van der Waals surface area contributed by atoms with Gasteiger partial charge in [0, 0.05) is 18.5 Å². The molecule has 1 N–H and O–H groups in total. The topological polar surface area (TPSA) is 66.1 Å². The van der Waals surface area contributed by atoms with E-state index in [2.05, 4.69) is 9.97 Å². The molecule has 1 saturated carbocycles. The fourth-order valence-electron chi connectivity index (χ4n) is 2.79. The van der Waals surface area contributed by atoms with Gasteiger partial charge in [0.15, 0.2) is 5.78 Å². The predicted octanol–water partition coefficient (Wildman–Crippen LogP) is 1.60. The van der Waals surface area contributed by atoms with Crippen molar-refractivity contribution in [3.05, 3.63) is 22.2 Å². The minimum atomic E-state index is -0.116. The molecule has 1 aromatic rings. The van der Waals surface area contributed by atoms with E-state index >= 15 is 0 Å². The van der Waals surface area contributed by atoms with Crippen molar-refractivity contribution < 1.29 is 4.79 Å². The summed E-state index contributed by atoms with van der Waals surface area (Å²) < 4.78 is 0. The number of aromatic amines is 1. The minimum Gasteiger partial charge on any atom is -0.346 e. The van der Waals surface area contributed by atoms with Gasteiger partial charge in [0.05, 0.1) is 6.04 Å². The van der Waals surface area contributed by atoms with Crippen LogP contribution in [0.1, 0.15) is 50.8 Å². The summed E-state index contributed by atoms with van der Waals surface area (Å²) in [6, 6.07) is 1.41. The van der Waals surface area contributed by atoms with Crippen LogP contribution in [0.4, 0.5) is 5.82 Å². The first-order valence-corrected chi connectivity index (χ1v) is 7.03. The summed E-state index contributed by atoms with van der Waals surface area (Å²) in [4.78, 5) is 32.9. The van der Waals surface area contributed by atoms with Crippen LogP contribution < -0.4 is 10.5 Å². The standard InChI is InChI=1S/C14H19N3O2/c1-9(18)11-4-2-3-7-17(11)12-8-13(19)16-14(15-12)10-5-6-10/h8,10-11H,2-7H2,1H3,(H,15,16,19). The Morgan fingerprint density at radius 3 is 2.84 bits per heavy atom. The lowest BCUT2D eigenvalue weighted by atomic mass is 9.99. The van der Waals surface area contributed by atoms with Gasteiger partial charge in [0.1, 0.15) is 11.6 Å². The molecule has 1 unspecified atom stereocenters. The van der Waals surface area contributed by atoms with Crippen LogP contribution >= 0.6 is 0 Å². The Morgan fingerprint density at radius 1 is 1.37 bits per heavy atom. The van der Waals surface area contributed by atoms with Gasteiger partial charge in [-0.15, -0.1) is 0 Å². The van der Waals surface area contributed by atoms with Gasteiger partial charge >= 0.3 is 0 Å². The molecule has 0 radical (unpaired) electrons. The summed E-state index contributed by atoms with van der Waals surface area (Å²) in [7, 11) is 0. The van der Waals surface area contributed by atoms with Gasteiger partial charge in [-0.2, -0.15) is 0 Å². The third-order valence-corrected chi connectivity index (χ3v) is 3.98. The maximum Gasteiger partial charge on any atom is 0.252 e. The molecule has 1 aromatic heterocycles. The molecule has 0 amide bonds. The number of piperidine rings is 1. The highest BCUT2D eigenvalue weighted by Crippen LogP contribution is 2.38. The number of nitrogens with one attached hydrogen (secondary N) is 1. The maximum absolute atomic E-state index is 11.8. The van der Waals surface area contributed by atoms with Crippen LogP contribution in [0.5, 0.6) is 0 Å². The van der Waals surface area contributed by atoms with Crippen LogP contribution in [0.15, 0.2) is 10.9 Å². The largest absolute Gasteiger partial charge is 0.346 e. The fraction of sp³-hybridized carbons (Fsp3) is 0.643. The van der Waals surface area contributed by atoms with E-state index in [4.69, 9.17) is 0 Å². The van der Waals surface area contributed by atoms with Crippen molar-refractivity contribution >= 4 is 11.6 Å². The van der Waals surface area contributed by atoms with Crippen LogP contribution in [0.3, 0.4) is 0 Å². The van der Waals surface area contributed by atoms with Crippen molar-refractivity contribution in [2.45, 2.75) is 51.0 Å². The van der Waals surface area contributed by atoms with Gasteiger partial charge in [0.25, 0.3) is 5.56 Å². The zero-order valence-electron chi connectivity index (χ0n) is 11.2. The van der Waals surface area contributed by atoms with E-state index in [0.717, 1.165) is 44.5 Å². The molecule has 1 saturated heterocycles. The number of carbonyl (C=O) groups is 1. The molecule has 2 heterocycles. The van der Waals surface area contributed by atoms with E-state index in [-0.39, 0.29) is 17.4 Å². The summed E-state index contributed by atoms with van der Waals surface area (Å²) in [5, 5.41) is 0. The lowest BCUT2D eigenvalue weighted by molar-refractivity contribution is -0.118. The van der Waals surface area contributed by atoms with Gasteiger partial charge in [-0.25, -0.2) is 4.98 Å². The number of hydrogen-bond donors (Lipinski definition) is 1. The molecule has 5 heteroatoms. The van der Waals surface area contributed by atoms with Crippen LogP contribution in [-0.2, 0) is 4.79 Å². The average molecular weight is 261 g/mol. The zero-order valence-corrected chi connectivity index (χ0v) is 11.2. The van der Waals surface area contributed by atoms with Crippen molar-refractivity contribution in [3.8, 4) is 0 Å². The monoisotopic (exact) mass is 261 g/mol. The number of nitrogens with zero attached hydrogens (tertiary/aromatic N) is 2. The Hall–Kier alpha value is -1.65. The van der Waals surface area contributed by atoms with Gasteiger partial charge in [0.2, 0.25) is 0 Å². The second-order valence-corrected chi connectivity index (χ2v) is 5.58. The van der Waals surface area contributed by atoms with Crippen LogP contribution in [0, 0.1) is 0 Å². The Kier molecular flexibility index (Phi) is 3.12. The Bertz CT molecular complexity index is 548. The molecule has 1 atom stereocenters. The van der Waals surface area contributed by atoms with Crippen molar-refractivity contribution in [1.82, 2.24) is 9.97 Å². The molecule has 5 nitrogen and oxygen atoms in total. The molecule has 3 rings (SSSR count). The van der Waals surface area contributed by atoms with E-state index in [1.807, 2.05) is 4.90 Å². The first kappa shape index (κ1) is 12.4. The van der Waals surface area contributed by atoms with Crippen LogP contribution in [-0.4, -0.2) is 28.3 Å². The molecular formula is C14H19N3O2. The van der Waals surface area contributed by atoms with E-state index in [0.29, 0.717) is 11.7 Å². The van der Waals surface area contributed by atoms with E-state index in [1.54, 1.807) is 6.92 Å². The van der Waals surface area contributed by atoms with E-state index in [1.165, 1.54) is 6.07 Å². The highest BCUT2D eigenvalue weighted by atomic mass is 16.1. The molecule has 2 aliphatic rings. The summed E-state index contributed by atoms with van der Waals surface area (Å²) in [5.41, 5.74) is -0.111. The van der Waals surface area contributed by atoms with Crippen LogP contribution in [0.2, 0.25) is 0 Å². The third-order valence-electron chi connectivity index (χ3n) is 3.98. The SMILES string of the molecule is CC(=O)C1CCCCN1c1cc(=O)[nH]c(C2CC2)n1. The predicted molar refractivity (Wildman–Crippen MR) is 72.5 cm³/mol. The second-order valence-electron chi connectivity index (χ2n) is 5.58. The Balaban J connectivity index is 1.94. The maximum atomic E-state index is 11.8. The fourth-order valence-corrected chi connectivity index (χ4v) is 2.79. The van der Waals surface area contributed by atoms with Crippen molar-refractivity contribution in [2.75, 3.05) is 11.4 Å². The number of H-pyrrole nitrogens is 1. The number of ketones is 1. The molecule has 1 aliphatic carbocycles. The van der Waals surface area contributed by atoms with Crippen molar-refractivity contribution in [1.29, 1.82) is 0 Å². The highest BCUT2D eigenvalue weighted by molar-refractivity contribution is 5.84. The number of aromatic nitrogens is 2. The average Bonchev–Trinajstić information content (AvgIpc) is 3.22. The lowest BCUT2D eigenvalue weighted by Crippen LogP contribution is -2.44. The molecular weight excluding hydrogens is 242 g/mol. The summed E-state index contributed by atoms with van der Waals surface area (Å²) in [6.07, 6.45) is 5.18. The second kappa shape index (κ2) is 4.79. The van der Waals surface area contributed by atoms with Gasteiger partial charge in [-0.05, 0) is 39.0 Å². The molecule has 0 spiro atoms. The third kappa shape index (κ3) is 2.55. The van der Waals surface area contributed by atoms with Crippen molar-refractivity contribution in [3.63, 3.8) is 0 Å². The molecule has 1 aliphatic heterocycles. The first-order valence-electron chi connectivity index (χ1n) is 7.03. The first-order chi connectivity index (χ1) is 9.15. The Labute approximate surface area is 112 Å². The smallest absolute Gasteiger partial charge is 0.252 e. The quantitative estimate of drug-likeness (QED) is 0.897. The zero-order chi connectivity index (χ0) is 13.4. The number of anilines is 1. The molecule has 102 valence electrons. The summed E-state index contributed by atoms with van der Waals surface area (Å²) in [5.74, 6) is 2.03. The number of rotatable bonds is 3. The van der Waals surface area contributed by atoms with Gasteiger partial charge in [-0.1, -0.05) is 0 Å². The van der Waals surface area contributed by atoms with E-state index in [9.17, 15) is 9.59 Å². The van der Waals surface area contributed by atoms with Crippen LogP contribution in [0.25, 0.3) is 0 Å². The van der Waals surface area contributed by atoms with Gasteiger partial charge < -0.3 is 9.88 Å². The Morgan fingerprint density at radius 2 is 2.16 bits per heavy atom. The normalized spacial score (nSPS) is 23.4. The number of Topliss-reactive ketones (excluding diaryl/α,β-unsaturated/α-hetero) is 1. The van der Waals surface area contributed by atoms with Gasteiger partial charge in [-0.3, -0.25) is 9.59 Å². The van der Waals surface area contributed by atoms with Crippen molar-refractivity contribution in [2.24, 2.45) is 0 Å². The highest BCUT2D eigenvalue weighted by Gasteiger charge is 2.30. The molecule has 19 heavy (non-hydrogen) atoms. The molecule has 2 fully saturated rings. The molecule has 0 bridgehead atoms. The molecule has 0 aromatic carbocycles. The number of hydrogen-bond acceptors (Lipinski definition) is 4. The summed E-state index contributed by atoms with van der Waals surface area (Å²) >= 11 is 0. The summed E-state index contributed by atoms with van der Waals surface area (Å²) in [6.45, 7) is 2.43. The van der Waals surface area contributed by atoms with E-state index < -0.39 is 0 Å². The number of carbonyl (C=O) groups excluding carboxylic acids is 1. The minimum absolute atomic E-state index is 0.111. The lowest BCUT2D eigenvalue weighted by Gasteiger charge is -2.35.